The van der Waals surface area contributed by atoms with Gasteiger partial charge in [0.25, 0.3) is 0 Å². The van der Waals surface area contributed by atoms with Crippen molar-refractivity contribution in [1.29, 1.82) is 0 Å². The number of nitrogens with one attached hydrogen (secondary N) is 3. The van der Waals surface area contributed by atoms with E-state index in [4.69, 9.17) is 17.0 Å². The Morgan fingerprint density at radius 3 is 2.43 bits per heavy atom. The molecular weight excluding hydrogens is 390 g/mol. The number of aromatic amines is 1. The van der Waals surface area contributed by atoms with Crippen LogP contribution in [0.2, 0.25) is 0 Å². The lowest BCUT2D eigenvalue weighted by atomic mass is 9.91. The number of ether oxygens (including phenoxy) is 1. The van der Waals surface area contributed by atoms with Crippen LogP contribution in [0.3, 0.4) is 0 Å². The number of hydrogen-bond acceptors (Lipinski definition) is 2. The van der Waals surface area contributed by atoms with Crippen LogP contribution in [0.15, 0.2) is 85.1 Å². The van der Waals surface area contributed by atoms with Gasteiger partial charge >= 0.3 is 0 Å². The van der Waals surface area contributed by atoms with Crippen LogP contribution in [-0.4, -0.2) is 23.8 Å². The molecule has 0 radical (unpaired) electrons. The summed E-state index contributed by atoms with van der Waals surface area (Å²) in [7, 11) is 1.67. The molecule has 0 aliphatic carbocycles. The third-order valence-corrected chi connectivity index (χ3v) is 5.57. The second kappa shape index (κ2) is 9.46. The molecule has 3 aromatic carbocycles. The highest BCUT2D eigenvalue weighted by Gasteiger charge is 2.18. The molecule has 0 aliphatic rings. The van der Waals surface area contributed by atoms with E-state index in [1.165, 1.54) is 16.5 Å². The highest BCUT2D eigenvalue weighted by Crippen LogP contribution is 2.30. The molecule has 0 spiro atoms. The van der Waals surface area contributed by atoms with Crippen LogP contribution < -0.4 is 15.4 Å². The Labute approximate surface area is 182 Å². The van der Waals surface area contributed by atoms with E-state index in [0.29, 0.717) is 18.2 Å². The van der Waals surface area contributed by atoms with Crippen LogP contribution in [0, 0.1) is 0 Å². The average Bonchev–Trinajstić information content (AvgIpc) is 3.23. The second-order valence-corrected chi connectivity index (χ2v) is 7.57. The first-order chi connectivity index (χ1) is 14.7. The molecule has 4 nitrogen and oxygen atoms in total. The number of rotatable bonds is 7. The summed E-state index contributed by atoms with van der Waals surface area (Å²) >= 11 is 5.54. The third-order valence-electron chi connectivity index (χ3n) is 5.28. The SMILES string of the molecule is COc1ccc(CNC(=S)NC[C@H](c2ccccc2)c2c[nH]c3ccccc23)cc1. The number of aromatic nitrogens is 1. The van der Waals surface area contributed by atoms with Gasteiger partial charge in [0.2, 0.25) is 0 Å². The fraction of sp³-hybridized carbons (Fsp3) is 0.160. The maximum Gasteiger partial charge on any atom is 0.166 e. The Morgan fingerprint density at radius 1 is 0.933 bits per heavy atom. The molecule has 1 aromatic heterocycles. The maximum atomic E-state index is 5.54. The van der Waals surface area contributed by atoms with Crippen LogP contribution in [0.5, 0.6) is 5.75 Å². The summed E-state index contributed by atoms with van der Waals surface area (Å²) < 4.78 is 5.21. The predicted octanol–water partition coefficient (Wildman–Crippen LogP) is 4.97. The van der Waals surface area contributed by atoms with E-state index in [1.807, 2.05) is 30.3 Å². The smallest absolute Gasteiger partial charge is 0.166 e. The van der Waals surface area contributed by atoms with Crippen LogP contribution in [0.25, 0.3) is 10.9 Å². The molecule has 1 atom stereocenters. The molecule has 0 aliphatic heterocycles. The van der Waals surface area contributed by atoms with Crippen molar-refractivity contribution in [2.24, 2.45) is 0 Å². The first-order valence-corrected chi connectivity index (χ1v) is 10.4. The fourth-order valence-corrected chi connectivity index (χ4v) is 3.81. The summed E-state index contributed by atoms with van der Waals surface area (Å²) in [5.41, 5.74) is 4.82. The summed E-state index contributed by atoms with van der Waals surface area (Å²) in [6.07, 6.45) is 2.11. The summed E-state index contributed by atoms with van der Waals surface area (Å²) in [6.45, 7) is 1.37. The normalized spacial score (nSPS) is 11.8. The van der Waals surface area contributed by atoms with Crippen LogP contribution in [0.1, 0.15) is 22.6 Å². The van der Waals surface area contributed by atoms with Crippen LogP contribution in [-0.2, 0) is 6.54 Å². The van der Waals surface area contributed by atoms with Gasteiger partial charge < -0.3 is 20.4 Å². The quantitative estimate of drug-likeness (QED) is 0.373. The minimum atomic E-state index is 0.183. The Hall–Kier alpha value is -3.31. The van der Waals surface area contributed by atoms with Crippen molar-refractivity contribution in [3.63, 3.8) is 0 Å². The van der Waals surface area contributed by atoms with E-state index < -0.39 is 0 Å². The standard InChI is InChI=1S/C25H25N3OS/c1-29-20-13-11-18(12-14-20)15-27-25(30)28-16-22(19-7-3-2-4-8-19)23-17-26-24-10-6-5-9-21(23)24/h2-14,17,22,26H,15-16H2,1H3,(H2,27,28,30)/t22-/m1/s1. The molecule has 1 heterocycles. The number of methoxy groups -OCH3 is 1. The molecule has 0 unspecified atom stereocenters. The molecular formula is C25H25N3OS. The minimum Gasteiger partial charge on any atom is -0.497 e. The Bertz CT molecular complexity index is 1110. The number of thiocarbonyl (C=S) groups is 1. The zero-order valence-electron chi connectivity index (χ0n) is 16.9. The van der Waals surface area contributed by atoms with Gasteiger partial charge in [-0.2, -0.15) is 0 Å². The number of fused-ring (bicyclic) bond motifs is 1. The zero-order chi connectivity index (χ0) is 20.8. The first-order valence-electron chi connectivity index (χ1n) is 10.00. The lowest BCUT2D eigenvalue weighted by Gasteiger charge is -2.20. The van der Waals surface area contributed by atoms with E-state index >= 15 is 0 Å². The maximum absolute atomic E-state index is 5.54. The summed E-state index contributed by atoms with van der Waals surface area (Å²) in [6, 6.07) is 26.9. The van der Waals surface area contributed by atoms with E-state index in [1.54, 1.807) is 7.11 Å². The Kier molecular flexibility index (Phi) is 6.30. The average molecular weight is 416 g/mol. The lowest BCUT2D eigenvalue weighted by molar-refractivity contribution is 0.414. The van der Waals surface area contributed by atoms with Crippen molar-refractivity contribution in [1.82, 2.24) is 15.6 Å². The molecule has 0 saturated heterocycles. The van der Waals surface area contributed by atoms with Crippen molar-refractivity contribution in [3.05, 3.63) is 102 Å². The number of H-pyrrole nitrogens is 1. The summed E-state index contributed by atoms with van der Waals surface area (Å²) in [5.74, 6) is 1.03. The van der Waals surface area contributed by atoms with Gasteiger partial charge in [0.05, 0.1) is 7.11 Å². The summed E-state index contributed by atoms with van der Waals surface area (Å²) in [5, 5.41) is 8.59. The van der Waals surface area contributed by atoms with Crippen molar-refractivity contribution >= 4 is 28.2 Å². The highest BCUT2D eigenvalue weighted by molar-refractivity contribution is 7.80. The molecule has 4 aromatic rings. The monoisotopic (exact) mass is 415 g/mol. The summed E-state index contributed by atoms with van der Waals surface area (Å²) in [4.78, 5) is 3.40. The van der Waals surface area contributed by atoms with Crippen molar-refractivity contribution in [2.75, 3.05) is 13.7 Å². The van der Waals surface area contributed by atoms with Gasteiger partial charge in [0, 0.05) is 36.1 Å². The number of para-hydroxylation sites is 1. The van der Waals surface area contributed by atoms with Gasteiger partial charge in [-0.15, -0.1) is 0 Å². The fourth-order valence-electron chi connectivity index (χ4n) is 3.66. The van der Waals surface area contributed by atoms with E-state index in [0.717, 1.165) is 16.8 Å². The number of hydrogen-bond donors (Lipinski definition) is 3. The van der Waals surface area contributed by atoms with Crippen molar-refractivity contribution in [2.45, 2.75) is 12.5 Å². The number of benzene rings is 3. The van der Waals surface area contributed by atoms with Gasteiger partial charge in [0.1, 0.15) is 5.75 Å². The zero-order valence-corrected chi connectivity index (χ0v) is 17.7. The van der Waals surface area contributed by atoms with Crippen molar-refractivity contribution < 1.29 is 4.74 Å². The molecule has 5 heteroatoms. The van der Waals surface area contributed by atoms with Crippen LogP contribution in [0.4, 0.5) is 0 Å². The molecule has 0 saturated carbocycles. The molecule has 30 heavy (non-hydrogen) atoms. The topological polar surface area (TPSA) is 49.1 Å². The minimum absolute atomic E-state index is 0.183. The van der Waals surface area contributed by atoms with Gasteiger partial charge in [-0.1, -0.05) is 60.7 Å². The molecule has 3 N–H and O–H groups in total. The largest absolute Gasteiger partial charge is 0.497 e. The third kappa shape index (κ3) is 4.63. The molecule has 0 bridgehead atoms. The molecule has 4 rings (SSSR count). The van der Waals surface area contributed by atoms with Gasteiger partial charge in [-0.05, 0) is 47.1 Å². The molecule has 0 fully saturated rings. The molecule has 0 amide bonds. The van der Waals surface area contributed by atoms with Gasteiger partial charge in [0.15, 0.2) is 5.11 Å². The second-order valence-electron chi connectivity index (χ2n) is 7.16. The first kappa shape index (κ1) is 20.0. The van der Waals surface area contributed by atoms with E-state index in [9.17, 15) is 0 Å². The molecule has 152 valence electrons. The predicted molar refractivity (Wildman–Crippen MR) is 127 cm³/mol. The van der Waals surface area contributed by atoms with E-state index in [-0.39, 0.29) is 5.92 Å². The van der Waals surface area contributed by atoms with Crippen LogP contribution >= 0.6 is 12.2 Å². The van der Waals surface area contributed by atoms with Crippen molar-refractivity contribution in [3.8, 4) is 5.75 Å². The lowest BCUT2D eigenvalue weighted by Crippen LogP contribution is -2.37. The van der Waals surface area contributed by atoms with Gasteiger partial charge in [-0.3, -0.25) is 0 Å². The Balaban J connectivity index is 1.45. The highest BCUT2D eigenvalue weighted by atomic mass is 32.1. The van der Waals surface area contributed by atoms with Gasteiger partial charge in [-0.25, -0.2) is 0 Å². The van der Waals surface area contributed by atoms with E-state index in [2.05, 4.69) is 70.3 Å². The Morgan fingerprint density at radius 2 is 1.67 bits per heavy atom.